The van der Waals surface area contributed by atoms with Crippen molar-refractivity contribution in [2.75, 3.05) is 0 Å². The van der Waals surface area contributed by atoms with Gasteiger partial charge in [0.15, 0.2) is 10.8 Å². The molecule has 1 N–H and O–H groups in total. The monoisotopic (exact) mass is 284 g/mol. The minimum absolute atomic E-state index is 0.0445. The van der Waals surface area contributed by atoms with Crippen LogP contribution in [0.1, 0.15) is 39.3 Å². The number of carbonyl (C=O) groups excluding carboxylic acids is 2. The van der Waals surface area contributed by atoms with Gasteiger partial charge in [0.05, 0.1) is 5.69 Å². The maximum atomic E-state index is 12.3. The number of thiazole rings is 1. The van der Waals surface area contributed by atoms with Crippen LogP contribution in [-0.4, -0.2) is 21.5 Å². The van der Waals surface area contributed by atoms with Crippen molar-refractivity contribution in [2.45, 2.75) is 13.3 Å². The first-order valence-corrected chi connectivity index (χ1v) is 7.18. The fourth-order valence-corrected chi connectivity index (χ4v) is 2.77. The second-order valence-electron chi connectivity index (χ2n) is 4.41. The zero-order valence-corrected chi connectivity index (χ0v) is 11.7. The van der Waals surface area contributed by atoms with Gasteiger partial charge in [-0.25, -0.2) is 4.98 Å². The van der Waals surface area contributed by atoms with Gasteiger partial charge in [-0.1, -0.05) is 25.1 Å². The standard InChI is InChI=1S/C15H12N2O2S/c1-2-13(18)12-8-20-15(17-12)14(19)11-7-9-5-3-4-6-10(9)16-11/h3-8,16H,2H2,1H3. The van der Waals surface area contributed by atoms with Gasteiger partial charge in [-0.3, -0.25) is 9.59 Å². The van der Waals surface area contributed by atoms with E-state index in [1.807, 2.05) is 24.3 Å². The van der Waals surface area contributed by atoms with Gasteiger partial charge in [0.25, 0.3) is 0 Å². The Hall–Kier alpha value is -2.27. The SMILES string of the molecule is CCC(=O)c1csc(C(=O)c2cc3ccccc3[nH]2)n1. The van der Waals surface area contributed by atoms with Crippen LogP contribution in [0.3, 0.4) is 0 Å². The van der Waals surface area contributed by atoms with Crippen LogP contribution >= 0.6 is 11.3 Å². The average Bonchev–Trinajstić information content (AvgIpc) is 3.12. The number of hydrogen-bond donors (Lipinski definition) is 1. The normalized spacial score (nSPS) is 10.8. The Morgan fingerprint density at radius 1 is 1.30 bits per heavy atom. The number of aromatic amines is 1. The molecule has 5 heteroatoms. The number of ketones is 2. The highest BCUT2D eigenvalue weighted by Crippen LogP contribution is 2.19. The van der Waals surface area contributed by atoms with Crippen LogP contribution in [0.4, 0.5) is 0 Å². The summed E-state index contributed by atoms with van der Waals surface area (Å²) in [6, 6.07) is 9.50. The Bertz CT molecular complexity index is 768. The van der Waals surface area contributed by atoms with Crippen LogP contribution in [0.5, 0.6) is 0 Å². The summed E-state index contributed by atoms with van der Waals surface area (Å²) < 4.78 is 0. The van der Waals surface area contributed by atoms with Crippen LogP contribution in [0.25, 0.3) is 10.9 Å². The van der Waals surface area contributed by atoms with E-state index in [1.165, 1.54) is 11.3 Å². The van der Waals surface area contributed by atoms with Gasteiger partial charge in [-0.2, -0.15) is 0 Å². The van der Waals surface area contributed by atoms with E-state index < -0.39 is 0 Å². The number of fused-ring (bicyclic) bond motifs is 1. The average molecular weight is 284 g/mol. The molecule has 0 aliphatic rings. The molecule has 0 aliphatic carbocycles. The largest absolute Gasteiger partial charge is 0.352 e. The predicted octanol–water partition coefficient (Wildman–Crippen LogP) is 3.45. The van der Waals surface area contributed by atoms with Crippen molar-refractivity contribution in [3.8, 4) is 0 Å². The van der Waals surface area contributed by atoms with E-state index in [4.69, 9.17) is 0 Å². The van der Waals surface area contributed by atoms with Crippen molar-refractivity contribution >= 4 is 33.8 Å². The third-order valence-corrected chi connectivity index (χ3v) is 3.92. The number of aromatic nitrogens is 2. The number of nitrogens with zero attached hydrogens (tertiary/aromatic N) is 1. The molecular weight excluding hydrogens is 272 g/mol. The molecule has 2 heterocycles. The van der Waals surface area contributed by atoms with Crippen molar-refractivity contribution in [1.82, 2.24) is 9.97 Å². The summed E-state index contributed by atoms with van der Waals surface area (Å²) in [5.74, 6) is -0.224. The lowest BCUT2D eigenvalue weighted by atomic mass is 10.2. The second-order valence-corrected chi connectivity index (χ2v) is 5.27. The molecule has 0 unspecified atom stereocenters. The van der Waals surface area contributed by atoms with Crippen molar-refractivity contribution in [3.63, 3.8) is 0 Å². The molecule has 0 fully saturated rings. The van der Waals surface area contributed by atoms with E-state index in [-0.39, 0.29) is 11.6 Å². The first kappa shape index (κ1) is 12.7. The van der Waals surface area contributed by atoms with Gasteiger partial charge >= 0.3 is 0 Å². The Morgan fingerprint density at radius 2 is 2.10 bits per heavy atom. The third-order valence-electron chi connectivity index (χ3n) is 3.08. The van der Waals surface area contributed by atoms with Crippen LogP contribution in [0.15, 0.2) is 35.7 Å². The predicted molar refractivity (Wildman–Crippen MR) is 78.5 cm³/mol. The molecule has 0 aliphatic heterocycles. The number of rotatable bonds is 4. The maximum absolute atomic E-state index is 12.3. The molecule has 0 saturated carbocycles. The minimum atomic E-state index is -0.179. The molecule has 1 aromatic carbocycles. The Balaban J connectivity index is 1.95. The zero-order valence-electron chi connectivity index (χ0n) is 10.8. The van der Waals surface area contributed by atoms with E-state index in [2.05, 4.69) is 9.97 Å². The molecule has 0 saturated heterocycles. The molecule has 20 heavy (non-hydrogen) atoms. The van der Waals surface area contributed by atoms with Crippen LogP contribution in [0, 0.1) is 0 Å². The molecule has 100 valence electrons. The number of H-pyrrole nitrogens is 1. The first-order valence-electron chi connectivity index (χ1n) is 6.30. The summed E-state index contributed by atoms with van der Waals surface area (Å²) in [4.78, 5) is 31.1. The van der Waals surface area contributed by atoms with Crippen LogP contribution < -0.4 is 0 Å². The van der Waals surface area contributed by atoms with Crippen LogP contribution in [0.2, 0.25) is 0 Å². The second kappa shape index (κ2) is 5.02. The smallest absolute Gasteiger partial charge is 0.237 e. The van der Waals surface area contributed by atoms with Crippen molar-refractivity contribution in [3.05, 3.63) is 52.1 Å². The minimum Gasteiger partial charge on any atom is -0.352 e. The van der Waals surface area contributed by atoms with E-state index in [1.54, 1.807) is 18.4 Å². The lowest BCUT2D eigenvalue weighted by Gasteiger charge is -1.92. The summed E-state index contributed by atoms with van der Waals surface area (Å²) in [5.41, 5.74) is 1.78. The van der Waals surface area contributed by atoms with E-state index >= 15 is 0 Å². The lowest BCUT2D eigenvalue weighted by molar-refractivity contribution is 0.0984. The van der Waals surface area contributed by atoms with E-state index in [9.17, 15) is 9.59 Å². The molecular formula is C15H12N2O2S. The highest BCUT2D eigenvalue weighted by molar-refractivity contribution is 7.12. The number of para-hydroxylation sites is 1. The van der Waals surface area contributed by atoms with Gasteiger partial charge < -0.3 is 4.98 Å². The molecule has 2 aromatic heterocycles. The summed E-state index contributed by atoms with van der Waals surface area (Å²) in [6.45, 7) is 1.78. The first-order chi connectivity index (χ1) is 9.69. The van der Waals surface area contributed by atoms with Gasteiger partial charge in [0.1, 0.15) is 5.69 Å². The van der Waals surface area contributed by atoms with Crippen molar-refractivity contribution in [2.24, 2.45) is 0 Å². The summed E-state index contributed by atoms with van der Waals surface area (Å²) in [7, 11) is 0. The molecule has 0 bridgehead atoms. The highest BCUT2D eigenvalue weighted by atomic mass is 32.1. The zero-order chi connectivity index (χ0) is 14.1. The quantitative estimate of drug-likeness (QED) is 0.746. The molecule has 4 nitrogen and oxygen atoms in total. The molecule has 0 spiro atoms. The molecule has 0 amide bonds. The summed E-state index contributed by atoms with van der Waals surface area (Å²) in [6.07, 6.45) is 0.393. The summed E-state index contributed by atoms with van der Waals surface area (Å²) >= 11 is 1.20. The van der Waals surface area contributed by atoms with E-state index in [0.29, 0.717) is 22.8 Å². The Labute approximate surface area is 119 Å². The lowest BCUT2D eigenvalue weighted by Crippen LogP contribution is -2.03. The molecule has 0 atom stereocenters. The number of nitrogens with one attached hydrogen (secondary N) is 1. The summed E-state index contributed by atoms with van der Waals surface area (Å²) in [5, 5.41) is 2.97. The maximum Gasteiger partial charge on any atom is 0.237 e. The van der Waals surface area contributed by atoms with Gasteiger partial charge in [0, 0.05) is 22.7 Å². The number of carbonyl (C=O) groups is 2. The number of benzene rings is 1. The van der Waals surface area contributed by atoms with E-state index in [0.717, 1.165) is 10.9 Å². The van der Waals surface area contributed by atoms with Gasteiger partial charge in [-0.05, 0) is 12.1 Å². The number of Topliss-reactive ketones (excluding diaryl/α,β-unsaturated/α-hetero) is 1. The molecule has 3 rings (SSSR count). The van der Waals surface area contributed by atoms with Crippen molar-refractivity contribution in [1.29, 1.82) is 0 Å². The fraction of sp³-hybridized carbons (Fsp3) is 0.133. The topological polar surface area (TPSA) is 62.8 Å². The highest BCUT2D eigenvalue weighted by Gasteiger charge is 2.17. The third kappa shape index (κ3) is 2.16. The Kier molecular flexibility index (Phi) is 3.20. The number of hydrogen-bond acceptors (Lipinski definition) is 4. The fourth-order valence-electron chi connectivity index (χ4n) is 2.00. The molecule has 3 aromatic rings. The van der Waals surface area contributed by atoms with Gasteiger partial charge in [0.2, 0.25) is 5.78 Å². The van der Waals surface area contributed by atoms with Crippen molar-refractivity contribution < 1.29 is 9.59 Å². The van der Waals surface area contributed by atoms with Gasteiger partial charge in [-0.15, -0.1) is 11.3 Å². The Morgan fingerprint density at radius 3 is 2.85 bits per heavy atom. The van der Waals surface area contributed by atoms with Crippen LogP contribution in [-0.2, 0) is 0 Å². The molecule has 0 radical (unpaired) electrons.